The lowest BCUT2D eigenvalue weighted by atomic mass is 9.45. The lowest BCUT2D eigenvalue weighted by molar-refractivity contribution is -0.230. The van der Waals surface area contributed by atoms with Crippen molar-refractivity contribution in [3.8, 4) is 0 Å². The third-order valence-electron chi connectivity index (χ3n) is 7.84. The Morgan fingerprint density at radius 2 is 1.48 bits per heavy atom. The molecule has 5 rings (SSSR count). The maximum atomic E-state index is 12.2. The van der Waals surface area contributed by atoms with Crippen LogP contribution in [-0.4, -0.2) is 11.6 Å². The molecule has 0 atom stereocenters. The van der Waals surface area contributed by atoms with Gasteiger partial charge in [0, 0.05) is 6.08 Å². The zero-order valence-corrected chi connectivity index (χ0v) is 14.9. The normalized spacial score (nSPS) is 45.0. The maximum absolute atomic E-state index is 12.2. The van der Waals surface area contributed by atoms with Gasteiger partial charge in [-0.15, -0.1) is 0 Å². The number of hydrogen-bond acceptors (Lipinski definition) is 2. The van der Waals surface area contributed by atoms with Crippen LogP contribution in [0.2, 0.25) is 0 Å². The van der Waals surface area contributed by atoms with Crippen molar-refractivity contribution in [1.29, 1.82) is 0 Å². The molecule has 2 nitrogen and oxygen atoms in total. The van der Waals surface area contributed by atoms with Crippen molar-refractivity contribution in [2.75, 3.05) is 0 Å². The summed E-state index contributed by atoms with van der Waals surface area (Å²) in [6, 6.07) is 0. The lowest BCUT2D eigenvalue weighted by Crippen LogP contribution is -2.63. The number of carbonyl (C=O) groups is 1. The van der Waals surface area contributed by atoms with Crippen molar-refractivity contribution in [2.45, 2.75) is 77.2 Å². The quantitative estimate of drug-likeness (QED) is 0.533. The highest BCUT2D eigenvalue weighted by atomic mass is 16.6. The van der Waals surface area contributed by atoms with E-state index in [2.05, 4.69) is 20.4 Å². The van der Waals surface area contributed by atoms with Crippen LogP contribution in [0.5, 0.6) is 0 Å². The molecule has 5 fully saturated rings. The van der Waals surface area contributed by atoms with Gasteiger partial charge in [0.05, 0.1) is 0 Å². The van der Waals surface area contributed by atoms with Crippen molar-refractivity contribution in [3.63, 3.8) is 0 Å². The van der Waals surface area contributed by atoms with E-state index in [0.717, 1.165) is 11.8 Å². The molecule has 0 saturated heterocycles. The van der Waals surface area contributed by atoms with Gasteiger partial charge >= 0.3 is 5.97 Å². The summed E-state index contributed by atoms with van der Waals surface area (Å²) >= 11 is 0. The molecule has 2 heteroatoms. The van der Waals surface area contributed by atoms with E-state index in [4.69, 9.17) is 4.74 Å². The van der Waals surface area contributed by atoms with Crippen molar-refractivity contribution >= 4 is 5.97 Å². The minimum Gasteiger partial charge on any atom is -0.455 e. The second-order valence-electron chi connectivity index (χ2n) is 9.72. The van der Waals surface area contributed by atoms with Crippen molar-refractivity contribution in [2.24, 2.45) is 35.0 Å². The Morgan fingerprint density at radius 1 is 0.957 bits per heavy atom. The molecule has 0 aromatic carbocycles. The summed E-state index contributed by atoms with van der Waals surface area (Å²) in [5.41, 5.74) is 0.307. The zero-order chi connectivity index (χ0) is 16.2. The smallest absolute Gasteiger partial charge is 0.330 e. The SMILES string of the molecule is C=CC(=O)OC1(C2CCC(C)(C)CC2)C2CC3CC(C2)CC1C3. The molecule has 0 N–H and O–H groups in total. The highest BCUT2D eigenvalue weighted by molar-refractivity contribution is 5.81. The third-order valence-corrected chi connectivity index (χ3v) is 7.84. The van der Waals surface area contributed by atoms with Crippen LogP contribution in [0.4, 0.5) is 0 Å². The fraction of sp³-hybridized carbons (Fsp3) is 0.857. The number of esters is 1. The van der Waals surface area contributed by atoms with E-state index in [1.807, 2.05) is 0 Å². The van der Waals surface area contributed by atoms with Crippen LogP contribution in [0.25, 0.3) is 0 Å². The first kappa shape index (κ1) is 15.7. The van der Waals surface area contributed by atoms with E-state index in [1.165, 1.54) is 63.9 Å². The average Bonchev–Trinajstić information content (AvgIpc) is 2.50. The van der Waals surface area contributed by atoms with E-state index in [0.29, 0.717) is 23.2 Å². The van der Waals surface area contributed by atoms with Crippen LogP contribution in [0.1, 0.15) is 71.6 Å². The number of rotatable bonds is 3. The molecular formula is C21H32O2. The number of carbonyl (C=O) groups excluding carboxylic acids is 1. The number of ether oxygens (including phenoxy) is 1. The second-order valence-corrected chi connectivity index (χ2v) is 9.72. The molecule has 128 valence electrons. The van der Waals surface area contributed by atoms with Crippen LogP contribution in [-0.2, 0) is 9.53 Å². The Morgan fingerprint density at radius 3 is 1.96 bits per heavy atom. The fourth-order valence-electron chi connectivity index (χ4n) is 6.90. The molecule has 0 aromatic rings. The number of hydrogen-bond donors (Lipinski definition) is 0. The van der Waals surface area contributed by atoms with Gasteiger partial charge < -0.3 is 4.74 Å². The zero-order valence-electron chi connectivity index (χ0n) is 14.9. The molecule has 5 saturated carbocycles. The standard InChI is InChI=1S/C21H32O2/c1-4-19(22)23-21(16-5-7-20(2,3)8-6-16)17-10-14-9-15(12-17)13-18(21)11-14/h4,14-18H,1,5-13H2,2-3H3. The van der Waals surface area contributed by atoms with E-state index in [1.54, 1.807) is 0 Å². The van der Waals surface area contributed by atoms with Crippen molar-refractivity contribution < 1.29 is 9.53 Å². The highest BCUT2D eigenvalue weighted by Crippen LogP contribution is 2.64. The molecule has 0 amide bonds. The predicted molar refractivity (Wildman–Crippen MR) is 91.8 cm³/mol. The topological polar surface area (TPSA) is 26.3 Å². The lowest BCUT2D eigenvalue weighted by Gasteiger charge is -2.63. The monoisotopic (exact) mass is 316 g/mol. The Labute approximate surface area is 141 Å². The molecule has 5 aliphatic rings. The predicted octanol–water partition coefficient (Wildman–Crippen LogP) is 5.13. The Bertz CT molecular complexity index is 466. The van der Waals surface area contributed by atoms with Crippen molar-refractivity contribution in [3.05, 3.63) is 12.7 Å². The second kappa shape index (κ2) is 5.36. The summed E-state index contributed by atoms with van der Waals surface area (Å²) in [7, 11) is 0. The molecule has 23 heavy (non-hydrogen) atoms. The molecule has 4 bridgehead atoms. The van der Waals surface area contributed by atoms with Crippen LogP contribution < -0.4 is 0 Å². The molecule has 0 aliphatic heterocycles. The van der Waals surface area contributed by atoms with Gasteiger partial charge in [0.2, 0.25) is 0 Å². The minimum absolute atomic E-state index is 0.158. The van der Waals surface area contributed by atoms with Gasteiger partial charge in [0.15, 0.2) is 0 Å². The van der Waals surface area contributed by atoms with Crippen LogP contribution in [0.15, 0.2) is 12.7 Å². The summed E-state index contributed by atoms with van der Waals surface area (Å²) in [6.07, 6.45) is 13.1. The molecule has 0 spiro atoms. The highest BCUT2D eigenvalue weighted by Gasteiger charge is 2.62. The fourth-order valence-corrected chi connectivity index (χ4v) is 6.90. The Balaban J connectivity index is 1.65. The largest absolute Gasteiger partial charge is 0.455 e. The summed E-state index contributed by atoms with van der Waals surface area (Å²) in [5.74, 6) is 3.46. The van der Waals surface area contributed by atoms with Crippen molar-refractivity contribution in [1.82, 2.24) is 0 Å². The molecule has 0 heterocycles. The maximum Gasteiger partial charge on any atom is 0.330 e. The van der Waals surface area contributed by atoms with Crippen LogP contribution >= 0.6 is 0 Å². The van der Waals surface area contributed by atoms with E-state index >= 15 is 0 Å². The minimum atomic E-state index is -0.178. The van der Waals surface area contributed by atoms with Gasteiger partial charge in [0.1, 0.15) is 5.60 Å². The Kier molecular flexibility index (Phi) is 3.66. The summed E-state index contributed by atoms with van der Waals surface area (Å²) in [4.78, 5) is 12.2. The van der Waals surface area contributed by atoms with Gasteiger partial charge in [-0.1, -0.05) is 20.4 Å². The molecular weight excluding hydrogens is 284 g/mol. The molecule has 0 unspecified atom stereocenters. The molecule has 0 radical (unpaired) electrons. The molecule has 5 aliphatic carbocycles. The average molecular weight is 316 g/mol. The summed E-state index contributed by atoms with van der Waals surface area (Å²) < 4.78 is 6.31. The first-order valence-corrected chi connectivity index (χ1v) is 9.78. The van der Waals surface area contributed by atoms with Gasteiger partial charge in [-0.3, -0.25) is 0 Å². The summed E-state index contributed by atoms with van der Waals surface area (Å²) in [6.45, 7) is 8.45. The van der Waals surface area contributed by atoms with E-state index in [-0.39, 0.29) is 11.6 Å². The van der Waals surface area contributed by atoms with Gasteiger partial charge in [-0.2, -0.15) is 0 Å². The van der Waals surface area contributed by atoms with Gasteiger partial charge in [-0.25, -0.2) is 4.79 Å². The van der Waals surface area contributed by atoms with E-state index in [9.17, 15) is 4.79 Å². The van der Waals surface area contributed by atoms with E-state index < -0.39 is 0 Å². The summed E-state index contributed by atoms with van der Waals surface area (Å²) in [5, 5.41) is 0. The molecule has 0 aromatic heterocycles. The van der Waals surface area contributed by atoms with Crippen LogP contribution in [0, 0.1) is 35.0 Å². The first-order valence-electron chi connectivity index (χ1n) is 9.78. The van der Waals surface area contributed by atoms with Crippen LogP contribution in [0.3, 0.4) is 0 Å². The third kappa shape index (κ3) is 2.48. The first-order chi connectivity index (χ1) is 10.9. The Hall–Kier alpha value is -0.790. The van der Waals surface area contributed by atoms with Gasteiger partial charge in [-0.05, 0) is 92.8 Å². The van der Waals surface area contributed by atoms with Gasteiger partial charge in [0.25, 0.3) is 0 Å².